The molecule has 0 bridgehead atoms. The minimum Gasteiger partial charge on any atom is -0.504 e. The fraction of sp³-hybridized carbons (Fsp3) is 0.375. The molecule has 7 nitrogen and oxygen atoms in total. The quantitative estimate of drug-likeness (QED) is 0.402. The van der Waals surface area contributed by atoms with Gasteiger partial charge >= 0.3 is 5.97 Å². The second-order valence-corrected chi connectivity index (χ2v) is 5.54. The van der Waals surface area contributed by atoms with E-state index in [0.717, 1.165) is 0 Å². The summed E-state index contributed by atoms with van der Waals surface area (Å²) in [4.78, 5) is 12.5. The fourth-order valence-electron chi connectivity index (χ4n) is 2.38. The minimum absolute atomic E-state index is 0.0164. The molecule has 8 heteroatoms. The molecule has 0 aromatic heterocycles. The number of rotatable bonds is 6. The van der Waals surface area contributed by atoms with E-state index in [9.17, 15) is 9.90 Å². The summed E-state index contributed by atoms with van der Waals surface area (Å²) in [7, 11) is 2.99. The number of allylic oxidation sites excluding steroid dienone is 1. The molecule has 1 aliphatic heterocycles. The lowest BCUT2D eigenvalue weighted by Gasteiger charge is -2.30. The summed E-state index contributed by atoms with van der Waals surface area (Å²) in [5.74, 6) is -0.143. The van der Waals surface area contributed by atoms with Crippen LogP contribution in [-0.4, -0.2) is 43.6 Å². The number of esters is 1. The number of nitrogens with one attached hydrogen (secondary N) is 2. The smallest absolute Gasteiger partial charge is 0.338 e. The van der Waals surface area contributed by atoms with Crippen LogP contribution in [-0.2, 0) is 14.3 Å². The molecule has 130 valence electrons. The Hall–Kier alpha value is -2.32. The van der Waals surface area contributed by atoms with Crippen molar-refractivity contribution in [2.24, 2.45) is 0 Å². The Kier molecular flexibility index (Phi) is 5.99. The van der Waals surface area contributed by atoms with E-state index in [4.69, 9.17) is 26.4 Å². The van der Waals surface area contributed by atoms with Crippen molar-refractivity contribution in [1.82, 2.24) is 10.6 Å². The van der Waals surface area contributed by atoms with Gasteiger partial charge in [0.1, 0.15) is 6.61 Å². The summed E-state index contributed by atoms with van der Waals surface area (Å²) < 4.78 is 15.3. The zero-order valence-corrected chi connectivity index (χ0v) is 14.5. The highest BCUT2D eigenvalue weighted by Crippen LogP contribution is 2.33. The van der Waals surface area contributed by atoms with E-state index >= 15 is 0 Å². The summed E-state index contributed by atoms with van der Waals surface area (Å²) in [6.07, 6.45) is 0. The number of ether oxygens (including phenoxy) is 3. The number of aromatic hydroxyl groups is 1. The van der Waals surface area contributed by atoms with Gasteiger partial charge < -0.3 is 30.0 Å². The van der Waals surface area contributed by atoms with Gasteiger partial charge in [-0.05, 0) is 36.8 Å². The molecule has 0 radical (unpaired) electrons. The monoisotopic (exact) mass is 352 g/mol. The summed E-state index contributed by atoms with van der Waals surface area (Å²) in [5.41, 5.74) is 1.73. The van der Waals surface area contributed by atoms with Gasteiger partial charge in [-0.3, -0.25) is 0 Å². The second kappa shape index (κ2) is 7.98. The normalized spacial score (nSPS) is 17.1. The van der Waals surface area contributed by atoms with Crippen molar-refractivity contribution in [3.63, 3.8) is 0 Å². The minimum atomic E-state index is -0.511. The van der Waals surface area contributed by atoms with E-state index in [2.05, 4.69) is 10.6 Å². The highest BCUT2D eigenvalue weighted by Gasteiger charge is 2.31. The van der Waals surface area contributed by atoms with Crippen molar-refractivity contribution in [3.8, 4) is 11.5 Å². The van der Waals surface area contributed by atoms with Crippen molar-refractivity contribution >= 4 is 23.3 Å². The third-order valence-corrected chi connectivity index (χ3v) is 3.77. The van der Waals surface area contributed by atoms with Crippen LogP contribution in [0.4, 0.5) is 0 Å². The molecule has 0 amide bonds. The van der Waals surface area contributed by atoms with E-state index in [1.54, 1.807) is 19.1 Å². The third kappa shape index (κ3) is 3.95. The van der Waals surface area contributed by atoms with Crippen LogP contribution in [0.15, 0.2) is 29.5 Å². The maximum atomic E-state index is 12.5. The Labute approximate surface area is 145 Å². The number of carbonyl (C=O) groups is 1. The predicted octanol–water partition coefficient (Wildman–Crippen LogP) is 1.38. The van der Waals surface area contributed by atoms with Crippen molar-refractivity contribution < 1.29 is 24.1 Å². The van der Waals surface area contributed by atoms with Crippen molar-refractivity contribution in [3.05, 3.63) is 35.0 Å². The molecule has 0 spiro atoms. The molecule has 0 fully saturated rings. The summed E-state index contributed by atoms with van der Waals surface area (Å²) in [6, 6.07) is 4.34. The molecule has 1 aromatic rings. The number of hydrogen-bond acceptors (Lipinski definition) is 6. The highest BCUT2D eigenvalue weighted by molar-refractivity contribution is 7.80. The van der Waals surface area contributed by atoms with Crippen molar-refractivity contribution in [1.29, 1.82) is 0 Å². The lowest BCUT2D eigenvalue weighted by Crippen LogP contribution is -2.45. The van der Waals surface area contributed by atoms with Gasteiger partial charge in [0.25, 0.3) is 0 Å². The third-order valence-electron chi connectivity index (χ3n) is 3.55. The maximum absolute atomic E-state index is 12.5. The average Bonchev–Trinajstić information content (AvgIpc) is 2.54. The van der Waals surface area contributed by atoms with E-state index in [1.807, 2.05) is 0 Å². The zero-order valence-electron chi connectivity index (χ0n) is 13.7. The number of benzene rings is 1. The average molecular weight is 352 g/mol. The highest BCUT2D eigenvalue weighted by atomic mass is 32.1. The van der Waals surface area contributed by atoms with Gasteiger partial charge in [-0.1, -0.05) is 6.07 Å². The van der Waals surface area contributed by atoms with Crippen molar-refractivity contribution in [2.75, 3.05) is 27.4 Å². The molecule has 1 heterocycles. The molecule has 0 unspecified atom stereocenters. The van der Waals surface area contributed by atoms with Gasteiger partial charge in [0, 0.05) is 12.8 Å². The van der Waals surface area contributed by atoms with Crippen LogP contribution in [0.5, 0.6) is 11.5 Å². The first-order valence-corrected chi connectivity index (χ1v) is 7.70. The molecule has 3 N–H and O–H groups in total. The largest absolute Gasteiger partial charge is 0.504 e. The van der Waals surface area contributed by atoms with Crippen LogP contribution in [0.3, 0.4) is 0 Å². The van der Waals surface area contributed by atoms with Gasteiger partial charge in [0.2, 0.25) is 0 Å². The second-order valence-electron chi connectivity index (χ2n) is 5.13. The van der Waals surface area contributed by atoms with E-state index < -0.39 is 12.0 Å². The SMILES string of the molecule is COCCOC(=O)C1=C(C)NC(=S)N[C@H]1c1ccc(O)c(OC)c1. The van der Waals surface area contributed by atoms with Gasteiger partial charge in [-0.15, -0.1) is 0 Å². The van der Waals surface area contributed by atoms with Gasteiger partial charge in [-0.2, -0.15) is 0 Å². The number of phenols is 1. The molecule has 0 aliphatic carbocycles. The standard InChI is InChI=1S/C16H20N2O5S/c1-9-13(15(20)23-7-6-21-2)14(18-16(24)17-9)10-4-5-11(19)12(8-10)22-3/h4-5,8,14,19H,6-7H2,1-3H3,(H2,17,18,24)/t14-/m0/s1. The number of carbonyl (C=O) groups excluding carboxylic acids is 1. The lowest BCUT2D eigenvalue weighted by atomic mass is 9.95. The van der Waals surface area contributed by atoms with Gasteiger partial charge in [0.05, 0.1) is 25.3 Å². The van der Waals surface area contributed by atoms with E-state index in [1.165, 1.54) is 20.3 Å². The molecular formula is C16H20N2O5S. The topological polar surface area (TPSA) is 89.1 Å². The Balaban J connectivity index is 2.36. The number of thiocarbonyl (C=S) groups is 1. The van der Waals surface area contributed by atoms with E-state index in [-0.39, 0.29) is 12.4 Å². The summed E-state index contributed by atoms with van der Waals surface area (Å²) in [6.45, 7) is 2.22. The molecule has 1 aromatic carbocycles. The zero-order chi connectivity index (χ0) is 17.7. The first kappa shape index (κ1) is 18.0. The molecular weight excluding hydrogens is 332 g/mol. The molecule has 0 saturated heterocycles. The van der Waals surface area contributed by atoms with Gasteiger partial charge in [-0.25, -0.2) is 4.79 Å². The van der Waals surface area contributed by atoms with Crippen LogP contribution >= 0.6 is 12.2 Å². The first-order chi connectivity index (χ1) is 11.5. The van der Waals surface area contributed by atoms with E-state index in [0.29, 0.717) is 34.3 Å². The maximum Gasteiger partial charge on any atom is 0.338 e. The lowest BCUT2D eigenvalue weighted by molar-refractivity contribution is -0.140. The molecule has 1 aliphatic rings. The van der Waals surface area contributed by atoms with Crippen molar-refractivity contribution in [2.45, 2.75) is 13.0 Å². The predicted molar refractivity (Wildman–Crippen MR) is 91.8 cm³/mol. The summed E-state index contributed by atoms with van der Waals surface area (Å²) in [5, 5.41) is 16.1. The Bertz CT molecular complexity index is 674. The Morgan fingerprint density at radius 3 is 2.75 bits per heavy atom. The number of methoxy groups -OCH3 is 2. The van der Waals surface area contributed by atoms with Crippen LogP contribution in [0.1, 0.15) is 18.5 Å². The first-order valence-electron chi connectivity index (χ1n) is 7.29. The Morgan fingerprint density at radius 2 is 2.08 bits per heavy atom. The van der Waals surface area contributed by atoms with Crippen LogP contribution in [0.2, 0.25) is 0 Å². The number of phenolic OH excluding ortho intramolecular Hbond substituents is 1. The van der Waals surface area contributed by atoms with Gasteiger partial charge in [0.15, 0.2) is 16.6 Å². The number of hydrogen-bond donors (Lipinski definition) is 3. The van der Waals surface area contributed by atoms with Crippen LogP contribution in [0.25, 0.3) is 0 Å². The Morgan fingerprint density at radius 1 is 1.33 bits per heavy atom. The molecule has 2 rings (SSSR count). The summed E-state index contributed by atoms with van der Waals surface area (Å²) >= 11 is 5.18. The fourth-order valence-corrected chi connectivity index (χ4v) is 2.65. The molecule has 24 heavy (non-hydrogen) atoms. The molecule has 0 saturated carbocycles. The molecule has 1 atom stereocenters. The van der Waals surface area contributed by atoms with Crippen LogP contribution < -0.4 is 15.4 Å². The van der Waals surface area contributed by atoms with Crippen LogP contribution in [0, 0.1) is 0 Å².